The Morgan fingerprint density at radius 3 is 2.35 bits per heavy atom. The lowest BCUT2D eigenvalue weighted by Gasteiger charge is -2.36. The number of rotatable bonds is 2. The number of likely N-dealkylation sites (tertiary alicyclic amines) is 1. The maximum absolute atomic E-state index is 13.2. The van der Waals surface area contributed by atoms with E-state index in [1.54, 1.807) is 24.1 Å². The largest absolute Gasteiger partial charge is 0.338 e. The van der Waals surface area contributed by atoms with Gasteiger partial charge in [0.1, 0.15) is 11.4 Å². The number of hydrogen-bond donors (Lipinski definition) is 1. The number of nitrogens with zero attached hydrogens (tertiary/aromatic N) is 2. The molecule has 1 aliphatic carbocycles. The summed E-state index contributed by atoms with van der Waals surface area (Å²) in [7, 11) is 0. The van der Waals surface area contributed by atoms with Crippen molar-refractivity contribution in [3.63, 3.8) is 0 Å². The molecule has 3 atom stereocenters. The Kier molecular flexibility index (Phi) is 4.15. The van der Waals surface area contributed by atoms with Crippen LogP contribution in [-0.4, -0.2) is 34.5 Å². The molecule has 1 aliphatic heterocycles. The van der Waals surface area contributed by atoms with Gasteiger partial charge < -0.3 is 10.6 Å². The van der Waals surface area contributed by atoms with Crippen molar-refractivity contribution in [1.82, 2.24) is 9.47 Å². The lowest BCUT2D eigenvalue weighted by Crippen LogP contribution is -2.51. The van der Waals surface area contributed by atoms with Gasteiger partial charge >= 0.3 is 0 Å². The highest BCUT2D eigenvalue weighted by molar-refractivity contribution is 5.95. The summed E-state index contributed by atoms with van der Waals surface area (Å²) in [6.45, 7) is 3.00. The van der Waals surface area contributed by atoms with Gasteiger partial charge in [-0.3, -0.25) is 14.2 Å². The first-order valence-electron chi connectivity index (χ1n) is 8.99. The quantitative estimate of drug-likeness (QED) is 0.897. The summed E-state index contributed by atoms with van der Waals surface area (Å²) in [5.74, 6) is 0.0418. The molecule has 1 aromatic heterocycles. The van der Waals surface area contributed by atoms with E-state index in [4.69, 9.17) is 5.73 Å². The molecule has 2 aliphatic rings. The van der Waals surface area contributed by atoms with Crippen LogP contribution in [0.2, 0.25) is 0 Å². The summed E-state index contributed by atoms with van der Waals surface area (Å²) in [4.78, 5) is 27.9. The molecule has 1 unspecified atom stereocenters. The Hall–Kier alpha value is -2.47. The van der Waals surface area contributed by atoms with Crippen LogP contribution >= 0.6 is 0 Å². The third-order valence-electron chi connectivity index (χ3n) is 5.81. The molecule has 2 bridgehead atoms. The second kappa shape index (κ2) is 6.36. The topological polar surface area (TPSA) is 68.3 Å². The zero-order chi connectivity index (χ0) is 18.4. The molecule has 1 saturated carbocycles. The SMILES string of the molecule is Cc1ccn(-c2ccc(F)cc2)c(=O)c1C(=O)N1C[C@H]2CC[C@@H](C1)C2N. The second-order valence-electron chi connectivity index (χ2n) is 7.41. The van der Waals surface area contributed by atoms with Crippen LogP contribution in [0.1, 0.15) is 28.8 Å². The molecule has 1 aromatic carbocycles. The molecule has 5 nitrogen and oxygen atoms in total. The van der Waals surface area contributed by atoms with Crippen molar-refractivity contribution in [2.75, 3.05) is 13.1 Å². The highest BCUT2D eigenvalue weighted by Crippen LogP contribution is 2.36. The van der Waals surface area contributed by atoms with E-state index in [9.17, 15) is 14.0 Å². The third-order valence-corrected chi connectivity index (χ3v) is 5.81. The molecule has 2 N–H and O–H groups in total. The van der Waals surface area contributed by atoms with Crippen LogP contribution in [0.15, 0.2) is 41.3 Å². The predicted octanol–water partition coefficient (Wildman–Crippen LogP) is 2.09. The zero-order valence-corrected chi connectivity index (χ0v) is 14.7. The van der Waals surface area contributed by atoms with Crippen molar-refractivity contribution in [3.8, 4) is 5.69 Å². The first-order chi connectivity index (χ1) is 12.5. The van der Waals surface area contributed by atoms with Crippen LogP contribution in [-0.2, 0) is 0 Å². The molecule has 2 aromatic rings. The van der Waals surface area contributed by atoms with Crippen LogP contribution in [0, 0.1) is 24.6 Å². The number of nitrogens with two attached hydrogens (primary N) is 1. The average molecular weight is 355 g/mol. The molecule has 4 rings (SSSR count). The number of benzene rings is 1. The van der Waals surface area contributed by atoms with E-state index in [1.807, 2.05) is 0 Å². The number of amides is 1. The number of carbonyl (C=O) groups is 1. The molecule has 0 radical (unpaired) electrons. The van der Waals surface area contributed by atoms with E-state index in [-0.39, 0.29) is 28.9 Å². The normalized spacial score (nSPS) is 24.7. The van der Waals surface area contributed by atoms with Gasteiger partial charge in [0.25, 0.3) is 11.5 Å². The maximum atomic E-state index is 13.2. The number of fused-ring (bicyclic) bond motifs is 2. The monoisotopic (exact) mass is 355 g/mol. The fourth-order valence-corrected chi connectivity index (χ4v) is 4.28. The minimum absolute atomic E-state index is 0.159. The van der Waals surface area contributed by atoms with Gasteiger partial charge in [0.15, 0.2) is 0 Å². The second-order valence-corrected chi connectivity index (χ2v) is 7.41. The number of aryl methyl sites for hydroxylation is 1. The summed E-state index contributed by atoms with van der Waals surface area (Å²) in [6.07, 6.45) is 3.71. The van der Waals surface area contributed by atoms with E-state index in [0.29, 0.717) is 36.2 Å². The minimum atomic E-state index is -0.371. The lowest BCUT2D eigenvalue weighted by molar-refractivity contribution is 0.0634. The highest BCUT2D eigenvalue weighted by Gasteiger charge is 2.41. The summed E-state index contributed by atoms with van der Waals surface area (Å²) in [5, 5.41) is 0. The van der Waals surface area contributed by atoms with Gasteiger partial charge in [0.2, 0.25) is 0 Å². The molecule has 26 heavy (non-hydrogen) atoms. The van der Waals surface area contributed by atoms with Gasteiger partial charge in [-0.1, -0.05) is 0 Å². The maximum Gasteiger partial charge on any atom is 0.268 e. The molecular weight excluding hydrogens is 333 g/mol. The summed E-state index contributed by atoms with van der Waals surface area (Å²) in [5.41, 5.74) is 7.23. The van der Waals surface area contributed by atoms with Crippen molar-refractivity contribution >= 4 is 5.91 Å². The molecular formula is C20H22FN3O2. The number of hydrogen-bond acceptors (Lipinski definition) is 3. The fraction of sp³-hybridized carbons (Fsp3) is 0.400. The Balaban J connectivity index is 1.70. The van der Waals surface area contributed by atoms with Gasteiger partial charge in [-0.15, -0.1) is 0 Å². The van der Waals surface area contributed by atoms with Gasteiger partial charge in [0, 0.05) is 31.0 Å². The van der Waals surface area contributed by atoms with Crippen molar-refractivity contribution in [3.05, 3.63) is 63.8 Å². The molecule has 2 fully saturated rings. The minimum Gasteiger partial charge on any atom is -0.338 e. The van der Waals surface area contributed by atoms with E-state index in [0.717, 1.165) is 12.8 Å². The smallest absolute Gasteiger partial charge is 0.268 e. The first-order valence-corrected chi connectivity index (χ1v) is 8.99. The number of pyridine rings is 1. The van der Waals surface area contributed by atoms with Crippen LogP contribution in [0.25, 0.3) is 5.69 Å². The van der Waals surface area contributed by atoms with Gasteiger partial charge in [0.05, 0.1) is 0 Å². The van der Waals surface area contributed by atoms with Crippen molar-refractivity contribution in [1.29, 1.82) is 0 Å². The molecule has 0 spiro atoms. The Morgan fingerprint density at radius 2 is 1.73 bits per heavy atom. The molecule has 1 saturated heterocycles. The predicted molar refractivity (Wildman–Crippen MR) is 96.8 cm³/mol. The molecule has 6 heteroatoms. The van der Waals surface area contributed by atoms with E-state index >= 15 is 0 Å². The van der Waals surface area contributed by atoms with E-state index < -0.39 is 0 Å². The van der Waals surface area contributed by atoms with E-state index in [2.05, 4.69) is 0 Å². The first kappa shape index (κ1) is 17.0. The Labute approximate surface area is 151 Å². The van der Waals surface area contributed by atoms with Crippen molar-refractivity contribution in [2.24, 2.45) is 17.6 Å². The van der Waals surface area contributed by atoms with Gasteiger partial charge in [-0.2, -0.15) is 0 Å². The van der Waals surface area contributed by atoms with Crippen LogP contribution in [0.3, 0.4) is 0 Å². The van der Waals surface area contributed by atoms with Crippen molar-refractivity contribution in [2.45, 2.75) is 25.8 Å². The fourth-order valence-electron chi connectivity index (χ4n) is 4.28. The Bertz CT molecular complexity index is 892. The number of aromatic nitrogens is 1. The lowest BCUT2D eigenvalue weighted by atomic mass is 9.92. The zero-order valence-electron chi connectivity index (χ0n) is 14.7. The number of carbonyl (C=O) groups excluding carboxylic acids is 1. The number of piperidine rings is 1. The van der Waals surface area contributed by atoms with Gasteiger partial charge in [-0.25, -0.2) is 4.39 Å². The summed E-state index contributed by atoms with van der Waals surface area (Å²) in [6, 6.07) is 7.56. The Morgan fingerprint density at radius 1 is 1.12 bits per heavy atom. The van der Waals surface area contributed by atoms with Gasteiger partial charge in [-0.05, 0) is 67.5 Å². The van der Waals surface area contributed by atoms with Crippen LogP contribution < -0.4 is 11.3 Å². The highest BCUT2D eigenvalue weighted by atomic mass is 19.1. The molecule has 2 heterocycles. The van der Waals surface area contributed by atoms with Crippen LogP contribution in [0.4, 0.5) is 4.39 Å². The standard InChI is InChI=1S/C20H22FN3O2/c1-12-8-9-24(16-6-4-15(21)5-7-16)20(26)17(12)19(25)23-10-13-2-3-14(11-23)18(13)22/h4-9,13-14,18H,2-3,10-11,22H2,1H3/t13-,14+,18?. The number of halogens is 1. The van der Waals surface area contributed by atoms with E-state index in [1.165, 1.54) is 28.8 Å². The summed E-state index contributed by atoms with van der Waals surface area (Å²) < 4.78 is 14.6. The average Bonchev–Trinajstić information content (AvgIpc) is 2.83. The third kappa shape index (κ3) is 2.74. The van der Waals surface area contributed by atoms with Crippen LogP contribution in [0.5, 0.6) is 0 Å². The summed E-state index contributed by atoms with van der Waals surface area (Å²) >= 11 is 0. The van der Waals surface area contributed by atoms with Crippen molar-refractivity contribution < 1.29 is 9.18 Å². The molecule has 1 amide bonds. The molecule has 136 valence electrons.